The summed E-state index contributed by atoms with van der Waals surface area (Å²) >= 11 is 1.30. The molecule has 1 saturated heterocycles. The number of fused-ring (bicyclic) bond motifs is 1. The van der Waals surface area contributed by atoms with Crippen molar-refractivity contribution in [2.24, 2.45) is 7.05 Å². The number of ether oxygens (including phenoxy) is 1. The van der Waals surface area contributed by atoms with Crippen LogP contribution in [-0.4, -0.2) is 45.7 Å². The van der Waals surface area contributed by atoms with E-state index in [4.69, 9.17) is 4.74 Å². The fourth-order valence-corrected chi connectivity index (χ4v) is 5.46. The summed E-state index contributed by atoms with van der Waals surface area (Å²) in [4.78, 5) is 29.3. The van der Waals surface area contributed by atoms with Gasteiger partial charge in [-0.15, -0.1) is 11.3 Å². The van der Waals surface area contributed by atoms with Crippen LogP contribution in [0.2, 0.25) is 0 Å². The van der Waals surface area contributed by atoms with E-state index in [9.17, 15) is 18.0 Å². The number of hydrogen-bond donors (Lipinski definition) is 0. The molecule has 0 saturated carbocycles. The van der Waals surface area contributed by atoms with Gasteiger partial charge in [0, 0.05) is 44.0 Å². The van der Waals surface area contributed by atoms with E-state index in [1.54, 1.807) is 18.6 Å². The van der Waals surface area contributed by atoms with E-state index < -0.39 is 16.0 Å². The van der Waals surface area contributed by atoms with Gasteiger partial charge in [-0.3, -0.25) is 9.20 Å². The van der Waals surface area contributed by atoms with Crippen LogP contribution in [0.5, 0.6) is 0 Å². The van der Waals surface area contributed by atoms with Crippen LogP contribution in [0, 0.1) is 0 Å². The molecule has 0 unspecified atom stereocenters. The Labute approximate surface area is 164 Å². The fourth-order valence-electron chi connectivity index (χ4n) is 3.13. The summed E-state index contributed by atoms with van der Waals surface area (Å²) in [5, 5.41) is 1.74. The molecule has 4 heterocycles. The Hall–Kier alpha value is -2.50. The molecular formula is C17H18N4O5S2. The fraction of sp³-hybridized carbons (Fsp3) is 0.353. The molecule has 0 aromatic carbocycles. The van der Waals surface area contributed by atoms with Gasteiger partial charge >= 0.3 is 5.97 Å². The summed E-state index contributed by atoms with van der Waals surface area (Å²) in [5.74, 6) is -0.682. The molecule has 1 aliphatic rings. The van der Waals surface area contributed by atoms with Crippen molar-refractivity contribution in [3.05, 3.63) is 51.6 Å². The van der Waals surface area contributed by atoms with Crippen LogP contribution in [0.1, 0.15) is 29.0 Å². The Bertz CT molecular complexity index is 1200. The lowest BCUT2D eigenvalue weighted by atomic mass is 10.4. The minimum absolute atomic E-state index is 0.0697. The van der Waals surface area contributed by atoms with Gasteiger partial charge in [0.2, 0.25) is 10.0 Å². The van der Waals surface area contributed by atoms with Crippen molar-refractivity contribution >= 4 is 32.3 Å². The van der Waals surface area contributed by atoms with E-state index in [-0.39, 0.29) is 22.8 Å². The van der Waals surface area contributed by atoms with Crippen LogP contribution in [0.25, 0.3) is 4.96 Å². The highest BCUT2D eigenvalue weighted by molar-refractivity contribution is 7.89. The molecular weight excluding hydrogens is 404 g/mol. The Morgan fingerprint density at radius 1 is 1.29 bits per heavy atom. The first-order valence-electron chi connectivity index (χ1n) is 8.66. The summed E-state index contributed by atoms with van der Waals surface area (Å²) in [6.45, 7) is 0.800. The lowest BCUT2D eigenvalue weighted by molar-refractivity contribution is 0.0456. The van der Waals surface area contributed by atoms with Crippen LogP contribution in [0.15, 0.2) is 39.6 Å². The number of hydrogen-bond acceptors (Lipinski definition) is 7. The van der Waals surface area contributed by atoms with Crippen LogP contribution < -0.4 is 5.56 Å². The van der Waals surface area contributed by atoms with Crippen LogP contribution >= 0.6 is 11.3 Å². The number of rotatable bonds is 5. The molecule has 3 aromatic rings. The summed E-state index contributed by atoms with van der Waals surface area (Å²) in [6.07, 6.45) is 4.70. The van der Waals surface area contributed by atoms with Crippen molar-refractivity contribution in [2.45, 2.75) is 24.3 Å². The van der Waals surface area contributed by atoms with Gasteiger partial charge in [-0.2, -0.15) is 4.31 Å². The van der Waals surface area contributed by atoms with Gasteiger partial charge in [-0.1, -0.05) is 0 Å². The van der Waals surface area contributed by atoms with Gasteiger partial charge in [0.15, 0.2) is 4.96 Å². The van der Waals surface area contributed by atoms with Gasteiger partial charge in [0.25, 0.3) is 5.56 Å². The minimum Gasteiger partial charge on any atom is -0.454 e. The van der Waals surface area contributed by atoms with Crippen molar-refractivity contribution in [1.29, 1.82) is 0 Å². The molecule has 148 valence electrons. The summed E-state index contributed by atoms with van der Waals surface area (Å²) < 4.78 is 34.8. The molecule has 1 fully saturated rings. The molecule has 9 nitrogen and oxygen atoms in total. The van der Waals surface area contributed by atoms with Gasteiger partial charge in [0.1, 0.15) is 17.2 Å². The number of sulfonamides is 1. The van der Waals surface area contributed by atoms with E-state index in [1.807, 2.05) is 0 Å². The van der Waals surface area contributed by atoms with Crippen LogP contribution in [0.4, 0.5) is 0 Å². The van der Waals surface area contributed by atoms with Gasteiger partial charge in [0.05, 0.1) is 5.69 Å². The third-order valence-corrected chi connectivity index (χ3v) is 7.22. The summed E-state index contributed by atoms with van der Waals surface area (Å²) in [5.41, 5.74) is 0.196. The number of esters is 1. The highest BCUT2D eigenvalue weighted by Crippen LogP contribution is 2.23. The quantitative estimate of drug-likeness (QED) is 0.573. The van der Waals surface area contributed by atoms with Crippen molar-refractivity contribution in [2.75, 3.05) is 13.1 Å². The number of thiazole rings is 1. The van der Waals surface area contributed by atoms with E-state index in [1.165, 1.54) is 42.9 Å². The van der Waals surface area contributed by atoms with Crippen molar-refractivity contribution in [1.82, 2.24) is 18.3 Å². The second-order valence-corrected chi connectivity index (χ2v) is 9.31. The second-order valence-electron chi connectivity index (χ2n) is 6.50. The molecule has 3 aromatic heterocycles. The molecule has 0 spiro atoms. The summed E-state index contributed by atoms with van der Waals surface area (Å²) in [7, 11) is -2.03. The lowest BCUT2D eigenvalue weighted by Crippen LogP contribution is -2.27. The maximum absolute atomic E-state index is 12.7. The maximum Gasteiger partial charge on any atom is 0.355 e. The van der Waals surface area contributed by atoms with E-state index in [0.29, 0.717) is 23.7 Å². The van der Waals surface area contributed by atoms with Gasteiger partial charge in [-0.05, 0) is 18.9 Å². The SMILES string of the molecule is Cn1cc(S(=O)(=O)N2CCCC2)cc1C(=O)OCc1cc(=O)n2ccsc2n1. The molecule has 0 radical (unpaired) electrons. The average molecular weight is 422 g/mol. The Balaban J connectivity index is 1.52. The molecule has 0 amide bonds. The number of nitrogens with zero attached hydrogens (tertiary/aromatic N) is 4. The molecule has 0 atom stereocenters. The zero-order valence-electron chi connectivity index (χ0n) is 15.1. The standard InChI is InChI=1S/C17H18N4O5S2/c1-19-10-13(28(24,25)20-4-2-3-5-20)9-14(19)16(23)26-11-12-8-15(22)21-6-7-27-17(21)18-12/h6-10H,2-5,11H2,1H3. The number of aryl methyl sites for hydroxylation is 1. The molecule has 1 aliphatic heterocycles. The third kappa shape index (κ3) is 3.36. The van der Waals surface area contributed by atoms with Crippen molar-refractivity contribution in [3.8, 4) is 0 Å². The number of aromatic nitrogens is 3. The smallest absolute Gasteiger partial charge is 0.355 e. The van der Waals surface area contributed by atoms with Gasteiger partial charge < -0.3 is 9.30 Å². The lowest BCUT2D eigenvalue weighted by Gasteiger charge is -2.13. The van der Waals surface area contributed by atoms with Crippen LogP contribution in [0.3, 0.4) is 0 Å². The Kier molecular flexibility index (Phi) is 4.81. The third-order valence-electron chi connectivity index (χ3n) is 4.60. The van der Waals surface area contributed by atoms with Crippen molar-refractivity contribution in [3.63, 3.8) is 0 Å². The first-order chi connectivity index (χ1) is 13.4. The first kappa shape index (κ1) is 18.8. The molecule has 0 aliphatic carbocycles. The number of carbonyl (C=O) groups is 1. The largest absolute Gasteiger partial charge is 0.454 e. The van der Waals surface area contributed by atoms with E-state index in [0.717, 1.165) is 12.8 Å². The van der Waals surface area contributed by atoms with Gasteiger partial charge in [-0.25, -0.2) is 18.2 Å². The van der Waals surface area contributed by atoms with E-state index >= 15 is 0 Å². The minimum atomic E-state index is -3.61. The zero-order valence-corrected chi connectivity index (χ0v) is 16.7. The maximum atomic E-state index is 12.7. The average Bonchev–Trinajstić information content (AvgIpc) is 3.39. The molecule has 4 rings (SSSR count). The summed E-state index contributed by atoms with van der Waals surface area (Å²) in [6, 6.07) is 2.63. The Morgan fingerprint density at radius 3 is 2.79 bits per heavy atom. The van der Waals surface area contributed by atoms with E-state index in [2.05, 4.69) is 4.98 Å². The van der Waals surface area contributed by atoms with Crippen molar-refractivity contribution < 1.29 is 17.9 Å². The van der Waals surface area contributed by atoms with Crippen LogP contribution in [-0.2, 0) is 28.4 Å². The molecule has 28 heavy (non-hydrogen) atoms. The molecule has 0 bridgehead atoms. The normalized spacial score (nSPS) is 15.3. The first-order valence-corrected chi connectivity index (χ1v) is 11.0. The predicted octanol–water partition coefficient (Wildman–Crippen LogP) is 1.24. The number of carbonyl (C=O) groups excluding carboxylic acids is 1. The molecule has 11 heteroatoms. The zero-order chi connectivity index (χ0) is 19.9. The predicted molar refractivity (Wildman–Crippen MR) is 102 cm³/mol. The highest BCUT2D eigenvalue weighted by atomic mass is 32.2. The molecule has 0 N–H and O–H groups in total. The topological polar surface area (TPSA) is 103 Å². The second kappa shape index (κ2) is 7.15. The monoisotopic (exact) mass is 422 g/mol. The highest BCUT2D eigenvalue weighted by Gasteiger charge is 2.29. The Morgan fingerprint density at radius 2 is 2.04 bits per heavy atom.